The third kappa shape index (κ3) is 3.72. The number of carbonyl (C=O) groups is 2. The number of hydrogen-bond acceptors (Lipinski definition) is 5. The van der Waals surface area contributed by atoms with Crippen molar-refractivity contribution in [1.29, 1.82) is 0 Å². The van der Waals surface area contributed by atoms with Crippen molar-refractivity contribution in [3.8, 4) is 0 Å². The topological polar surface area (TPSA) is 64.6 Å². The number of carbonyl (C=O) groups excluding carboxylic acids is 2. The van der Waals surface area contributed by atoms with E-state index in [9.17, 15) is 9.59 Å². The number of ether oxygens (including phenoxy) is 2. The van der Waals surface area contributed by atoms with Crippen LogP contribution < -0.4 is 5.32 Å². The summed E-state index contributed by atoms with van der Waals surface area (Å²) in [6.45, 7) is 3.08. The van der Waals surface area contributed by atoms with Crippen molar-refractivity contribution >= 4 is 11.9 Å². The second kappa shape index (κ2) is 5.63. The standard InChI is InChI=1S/C14H21NO4/c1-14(2)18-12(16)11(13(17)19-14)9-15-10-7-5-3-4-6-8-10/h9-10,15H,3-8H2,1-2H3. The number of esters is 2. The molecule has 1 aliphatic heterocycles. The molecule has 0 spiro atoms. The maximum atomic E-state index is 11.7. The summed E-state index contributed by atoms with van der Waals surface area (Å²) in [4.78, 5) is 23.5. The molecule has 1 N–H and O–H groups in total. The molecule has 5 heteroatoms. The van der Waals surface area contributed by atoms with Crippen LogP contribution in [0.15, 0.2) is 11.8 Å². The van der Waals surface area contributed by atoms with Gasteiger partial charge in [0.15, 0.2) is 5.57 Å². The van der Waals surface area contributed by atoms with Crippen molar-refractivity contribution in [2.75, 3.05) is 0 Å². The Morgan fingerprint density at radius 2 is 1.58 bits per heavy atom. The molecule has 5 nitrogen and oxygen atoms in total. The van der Waals surface area contributed by atoms with E-state index >= 15 is 0 Å². The predicted molar refractivity (Wildman–Crippen MR) is 69.0 cm³/mol. The second-order valence-corrected chi connectivity index (χ2v) is 5.59. The van der Waals surface area contributed by atoms with Crippen LogP contribution in [0.1, 0.15) is 52.4 Å². The van der Waals surface area contributed by atoms with Crippen LogP contribution in [0.4, 0.5) is 0 Å². The lowest BCUT2D eigenvalue weighted by molar-refractivity contribution is -0.222. The van der Waals surface area contributed by atoms with E-state index in [1.54, 1.807) is 0 Å². The van der Waals surface area contributed by atoms with Gasteiger partial charge in [0.1, 0.15) is 0 Å². The molecule has 0 atom stereocenters. The van der Waals surface area contributed by atoms with Crippen LogP contribution in [0.5, 0.6) is 0 Å². The highest BCUT2D eigenvalue weighted by Crippen LogP contribution is 2.22. The predicted octanol–water partition coefficient (Wildman–Crippen LogP) is 2.02. The molecule has 1 saturated carbocycles. The Bertz CT molecular complexity index is 370. The molecule has 2 rings (SSSR count). The molecule has 0 unspecified atom stereocenters. The molecule has 2 fully saturated rings. The maximum absolute atomic E-state index is 11.7. The molecule has 1 aliphatic carbocycles. The summed E-state index contributed by atoms with van der Waals surface area (Å²) in [6.07, 6.45) is 8.47. The maximum Gasteiger partial charge on any atom is 0.350 e. The normalized spacial score (nSPS) is 24.2. The first-order chi connectivity index (χ1) is 8.98. The molecule has 106 valence electrons. The van der Waals surface area contributed by atoms with Gasteiger partial charge in [0.05, 0.1) is 0 Å². The highest BCUT2D eigenvalue weighted by atomic mass is 16.7. The van der Waals surface area contributed by atoms with Crippen LogP contribution in [-0.4, -0.2) is 23.8 Å². The summed E-state index contributed by atoms with van der Waals surface area (Å²) in [7, 11) is 0. The van der Waals surface area contributed by atoms with E-state index < -0.39 is 17.7 Å². The number of cyclic esters (lactones) is 2. The van der Waals surface area contributed by atoms with Gasteiger partial charge in [-0.15, -0.1) is 0 Å². The zero-order chi connectivity index (χ0) is 13.9. The molecule has 0 bridgehead atoms. The summed E-state index contributed by atoms with van der Waals surface area (Å²) in [5.74, 6) is -2.42. The third-order valence-electron chi connectivity index (χ3n) is 3.44. The number of nitrogens with one attached hydrogen (secondary N) is 1. The van der Waals surface area contributed by atoms with Gasteiger partial charge in [-0.3, -0.25) is 0 Å². The molecule has 2 aliphatic rings. The summed E-state index contributed by atoms with van der Waals surface area (Å²) in [5.41, 5.74) is -0.0522. The van der Waals surface area contributed by atoms with Gasteiger partial charge >= 0.3 is 11.9 Å². The van der Waals surface area contributed by atoms with Gasteiger partial charge in [-0.2, -0.15) is 0 Å². The quantitative estimate of drug-likeness (QED) is 0.359. The van der Waals surface area contributed by atoms with Crippen LogP contribution in [-0.2, 0) is 19.1 Å². The summed E-state index contributed by atoms with van der Waals surface area (Å²) in [6, 6.07) is 0.325. The monoisotopic (exact) mass is 267 g/mol. The zero-order valence-corrected chi connectivity index (χ0v) is 11.5. The second-order valence-electron chi connectivity index (χ2n) is 5.59. The molecule has 0 radical (unpaired) electrons. The average Bonchev–Trinajstić information content (AvgIpc) is 2.54. The Morgan fingerprint density at radius 1 is 1.05 bits per heavy atom. The SMILES string of the molecule is CC1(C)OC(=O)C(=CNC2CCCCCC2)C(=O)O1. The molecule has 0 aromatic heterocycles. The Morgan fingerprint density at radius 3 is 2.11 bits per heavy atom. The minimum absolute atomic E-state index is 0.0522. The van der Waals surface area contributed by atoms with Gasteiger partial charge in [0.25, 0.3) is 5.79 Å². The molecule has 0 aromatic rings. The van der Waals surface area contributed by atoms with E-state index in [0.29, 0.717) is 6.04 Å². The lowest BCUT2D eigenvalue weighted by atomic mass is 10.1. The molecular weight excluding hydrogens is 246 g/mol. The van der Waals surface area contributed by atoms with Crippen molar-refractivity contribution < 1.29 is 19.1 Å². The number of rotatable bonds is 2. The van der Waals surface area contributed by atoms with Crippen LogP contribution >= 0.6 is 0 Å². The van der Waals surface area contributed by atoms with Crippen molar-refractivity contribution in [1.82, 2.24) is 5.32 Å². The first-order valence-corrected chi connectivity index (χ1v) is 6.91. The zero-order valence-electron chi connectivity index (χ0n) is 11.5. The van der Waals surface area contributed by atoms with Crippen LogP contribution in [0.2, 0.25) is 0 Å². The van der Waals surface area contributed by atoms with E-state index in [0.717, 1.165) is 12.8 Å². The van der Waals surface area contributed by atoms with Crippen molar-refractivity contribution in [3.63, 3.8) is 0 Å². The van der Waals surface area contributed by atoms with Crippen LogP contribution in [0.3, 0.4) is 0 Å². The van der Waals surface area contributed by atoms with Gasteiger partial charge in [-0.1, -0.05) is 25.7 Å². The summed E-state index contributed by atoms with van der Waals surface area (Å²) < 4.78 is 10.1. The van der Waals surface area contributed by atoms with Gasteiger partial charge in [0, 0.05) is 26.1 Å². The lowest BCUT2D eigenvalue weighted by Crippen LogP contribution is -2.42. The molecular formula is C14H21NO4. The molecule has 19 heavy (non-hydrogen) atoms. The van der Waals surface area contributed by atoms with E-state index in [2.05, 4.69) is 5.32 Å². The average molecular weight is 267 g/mol. The highest BCUT2D eigenvalue weighted by molar-refractivity contribution is 6.15. The summed E-state index contributed by atoms with van der Waals surface area (Å²) in [5, 5.41) is 3.16. The van der Waals surface area contributed by atoms with Gasteiger partial charge in [0.2, 0.25) is 0 Å². The fourth-order valence-electron chi connectivity index (χ4n) is 2.43. The molecule has 0 aromatic carbocycles. The Labute approximate surface area is 113 Å². The van der Waals surface area contributed by atoms with Crippen molar-refractivity contribution in [2.24, 2.45) is 0 Å². The smallest absolute Gasteiger partial charge is 0.350 e. The van der Waals surface area contributed by atoms with Crippen molar-refractivity contribution in [3.05, 3.63) is 11.8 Å². The molecule has 0 amide bonds. The fourth-order valence-corrected chi connectivity index (χ4v) is 2.43. The van der Waals surface area contributed by atoms with E-state index in [-0.39, 0.29) is 5.57 Å². The van der Waals surface area contributed by atoms with Gasteiger partial charge in [-0.05, 0) is 12.8 Å². The third-order valence-corrected chi connectivity index (χ3v) is 3.44. The van der Waals surface area contributed by atoms with E-state index in [1.165, 1.54) is 45.7 Å². The minimum atomic E-state index is -1.17. The van der Waals surface area contributed by atoms with Crippen molar-refractivity contribution in [2.45, 2.75) is 64.2 Å². The highest BCUT2D eigenvalue weighted by Gasteiger charge is 2.39. The van der Waals surface area contributed by atoms with E-state index in [4.69, 9.17) is 9.47 Å². The minimum Gasteiger partial charge on any atom is -0.419 e. The number of hydrogen-bond donors (Lipinski definition) is 1. The summed E-state index contributed by atoms with van der Waals surface area (Å²) >= 11 is 0. The fraction of sp³-hybridized carbons (Fsp3) is 0.714. The van der Waals surface area contributed by atoms with Crippen LogP contribution in [0.25, 0.3) is 0 Å². The first kappa shape index (κ1) is 13.9. The Hall–Kier alpha value is -1.52. The largest absolute Gasteiger partial charge is 0.419 e. The van der Waals surface area contributed by atoms with Crippen LogP contribution in [0, 0.1) is 0 Å². The molecule has 1 heterocycles. The first-order valence-electron chi connectivity index (χ1n) is 6.91. The van der Waals surface area contributed by atoms with Gasteiger partial charge in [-0.25, -0.2) is 9.59 Å². The lowest BCUT2D eigenvalue weighted by Gasteiger charge is -2.30. The Balaban J connectivity index is 1.98. The molecule has 1 saturated heterocycles. The van der Waals surface area contributed by atoms with E-state index in [1.807, 2.05) is 0 Å². The Kier molecular flexibility index (Phi) is 4.12. The van der Waals surface area contributed by atoms with Gasteiger partial charge < -0.3 is 14.8 Å².